The third-order valence-electron chi connectivity index (χ3n) is 2.78. The molecule has 0 spiro atoms. The fraction of sp³-hybridized carbons (Fsp3) is 0.923. The number of rotatable bonds is 7. The van der Waals surface area contributed by atoms with Crippen LogP contribution < -0.4 is 5.32 Å². The molecule has 1 aliphatic rings. The van der Waals surface area contributed by atoms with Crippen LogP contribution in [0.15, 0.2) is 0 Å². The number of hydrogen-bond acceptors (Lipinski definition) is 3. The molecule has 0 heterocycles. The predicted molar refractivity (Wildman–Crippen MR) is 68.8 cm³/mol. The zero-order valence-electron chi connectivity index (χ0n) is 11.3. The Balaban J connectivity index is 2.30. The van der Waals surface area contributed by atoms with Gasteiger partial charge in [-0.1, -0.05) is 0 Å². The number of aliphatic hydroxyl groups excluding tert-OH is 1. The zero-order valence-corrected chi connectivity index (χ0v) is 11.3. The Kier molecular flexibility index (Phi) is 5.40. The van der Waals surface area contributed by atoms with E-state index in [0.29, 0.717) is 12.6 Å². The van der Waals surface area contributed by atoms with E-state index in [1.165, 1.54) is 12.8 Å². The Hall–Kier alpha value is -0.610. The van der Waals surface area contributed by atoms with Crippen molar-refractivity contribution in [1.82, 2.24) is 10.2 Å². The summed E-state index contributed by atoms with van der Waals surface area (Å²) in [6.45, 7) is 7.65. The highest BCUT2D eigenvalue weighted by molar-refractivity contribution is 5.78. The molecule has 0 radical (unpaired) electrons. The molecular formula is C13H26N2O2. The molecule has 17 heavy (non-hydrogen) atoms. The molecule has 1 aliphatic carbocycles. The molecule has 1 saturated carbocycles. The third-order valence-corrected chi connectivity index (χ3v) is 2.78. The van der Waals surface area contributed by atoms with E-state index < -0.39 is 0 Å². The molecule has 4 nitrogen and oxygen atoms in total. The first-order valence-electron chi connectivity index (χ1n) is 6.58. The second-order valence-corrected chi connectivity index (χ2v) is 5.93. The molecule has 0 aromatic carbocycles. The summed E-state index contributed by atoms with van der Waals surface area (Å²) in [5.41, 5.74) is -0.155. The first kappa shape index (κ1) is 14.5. The molecule has 0 bridgehead atoms. The van der Waals surface area contributed by atoms with Crippen molar-refractivity contribution in [2.75, 3.05) is 19.7 Å². The number of aliphatic hydroxyl groups is 1. The number of hydrogen-bond donors (Lipinski definition) is 2. The minimum Gasteiger partial charge on any atom is -0.396 e. The summed E-state index contributed by atoms with van der Waals surface area (Å²) in [4.78, 5) is 14.1. The van der Waals surface area contributed by atoms with E-state index in [1.807, 2.05) is 20.8 Å². The molecule has 0 aromatic heterocycles. The molecule has 1 rings (SSSR count). The Morgan fingerprint density at radius 3 is 2.47 bits per heavy atom. The molecule has 0 unspecified atom stereocenters. The average molecular weight is 242 g/mol. The lowest BCUT2D eigenvalue weighted by Crippen LogP contribution is -2.46. The first-order chi connectivity index (χ1) is 7.92. The van der Waals surface area contributed by atoms with Crippen molar-refractivity contribution < 1.29 is 9.90 Å². The summed E-state index contributed by atoms with van der Waals surface area (Å²) < 4.78 is 0. The summed E-state index contributed by atoms with van der Waals surface area (Å²) >= 11 is 0. The van der Waals surface area contributed by atoms with Crippen molar-refractivity contribution in [2.24, 2.45) is 0 Å². The normalized spacial score (nSPS) is 16.3. The van der Waals surface area contributed by atoms with Crippen LogP contribution in [0.5, 0.6) is 0 Å². The van der Waals surface area contributed by atoms with Crippen molar-refractivity contribution >= 4 is 5.91 Å². The van der Waals surface area contributed by atoms with Gasteiger partial charge in [0.1, 0.15) is 0 Å². The van der Waals surface area contributed by atoms with Gasteiger partial charge in [-0.15, -0.1) is 0 Å². The van der Waals surface area contributed by atoms with Crippen LogP contribution in [0.4, 0.5) is 0 Å². The number of amides is 1. The minimum absolute atomic E-state index is 0.105. The van der Waals surface area contributed by atoms with Crippen LogP contribution in [-0.4, -0.2) is 47.2 Å². The maximum Gasteiger partial charge on any atom is 0.234 e. The van der Waals surface area contributed by atoms with Crippen molar-refractivity contribution in [3.63, 3.8) is 0 Å². The highest BCUT2D eigenvalue weighted by atomic mass is 16.2. The van der Waals surface area contributed by atoms with E-state index in [4.69, 9.17) is 5.11 Å². The molecular weight excluding hydrogens is 216 g/mol. The van der Waals surface area contributed by atoms with Crippen LogP contribution in [0.2, 0.25) is 0 Å². The topological polar surface area (TPSA) is 52.6 Å². The smallest absolute Gasteiger partial charge is 0.234 e. The second-order valence-electron chi connectivity index (χ2n) is 5.93. The fourth-order valence-corrected chi connectivity index (χ4v) is 1.90. The quantitative estimate of drug-likeness (QED) is 0.658. The third kappa shape index (κ3) is 6.64. The molecule has 4 heteroatoms. The first-order valence-corrected chi connectivity index (χ1v) is 6.58. The van der Waals surface area contributed by atoms with Crippen molar-refractivity contribution in [3.8, 4) is 0 Å². The number of nitrogens with one attached hydrogen (secondary N) is 1. The van der Waals surface area contributed by atoms with Gasteiger partial charge < -0.3 is 10.4 Å². The van der Waals surface area contributed by atoms with Crippen LogP contribution in [0.1, 0.15) is 46.5 Å². The standard InChI is InChI=1S/C13H26N2O2/c1-13(2,3)14-12(17)10-15(11-6-7-11)8-4-5-9-16/h11,16H,4-10H2,1-3H3,(H,14,17). The van der Waals surface area contributed by atoms with E-state index in [0.717, 1.165) is 19.4 Å². The lowest BCUT2D eigenvalue weighted by Gasteiger charge is -2.25. The van der Waals surface area contributed by atoms with Gasteiger partial charge in [-0.2, -0.15) is 0 Å². The van der Waals surface area contributed by atoms with Gasteiger partial charge in [0.2, 0.25) is 5.91 Å². The van der Waals surface area contributed by atoms with Crippen LogP contribution in [0, 0.1) is 0 Å². The molecule has 0 atom stereocenters. The van der Waals surface area contributed by atoms with E-state index >= 15 is 0 Å². The minimum atomic E-state index is -0.155. The van der Waals surface area contributed by atoms with Gasteiger partial charge in [0, 0.05) is 18.2 Å². The van der Waals surface area contributed by atoms with E-state index in [-0.39, 0.29) is 18.1 Å². The van der Waals surface area contributed by atoms with Crippen LogP contribution >= 0.6 is 0 Å². The van der Waals surface area contributed by atoms with Crippen LogP contribution in [0.3, 0.4) is 0 Å². The molecule has 0 aliphatic heterocycles. The molecule has 1 fully saturated rings. The summed E-state index contributed by atoms with van der Waals surface area (Å²) in [5.74, 6) is 0.105. The molecule has 1 amide bonds. The van der Waals surface area contributed by atoms with Crippen LogP contribution in [-0.2, 0) is 4.79 Å². The lowest BCUT2D eigenvalue weighted by atomic mass is 10.1. The largest absolute Gasteiger partial charge is 0.396 e. The van der Waals surface area contributed by atoms with Crippen molar-refractivity contribution in [1.29, 1.82) is 0 Å². The maximum absolute atomic E-state index is 11.8. The van der Waals surface area contributed by atoms with Crippen molar-refractivity contribution in [2.45, 2.75) is 58.0 Å². The highest BCUT2D eigenvalue weighted by Crippen LogP contribution is 2.26. The van der Waals surface area contributed by atoms with E-state index in [9.17, 15) is 4.79 Å². The summed E-state index contributed by atoms with van der Waals surface area (Å²) in [7, 11) is 0. The highest BCUT2D eigenvalue weighted by Gasteiger charge is 2.30. The molecule has 0 aromatic rings. The Labute approximate surface area is 104 Å². The molecule has 2 N–H and O–H groups in total. The van der Waals surface area contributed by atoms with E-state index in [1.54, 1.807) is 0 Å². The average Bonchev–Trinajstić information content (AvgIpc) is 2.96. The zero-order chi connectivity index (χ0) is 12.9. The maximum atomic E-state index is 11.8. The Bertz CT molecular complexity index is 244. The summed E-state index contributed by atoms with van der Waals surface area (Å²) in [6, 6.07) is 0.597. The van der Waals surface area contributed by atoms with Gasteiger partial charge in [-0.25, -0.2) is 0 Å². The van der Waals surface area contributed by atoms with Gasteiger partial charge in [0.25, 0.3) is 0 Å². The predicted octanol–water partition coefficient (Wildman–Crippen LogP) is 1.14. The van der Waals surface area contributed by atoms with Gasteiger partial charge in [-0.05, 0) is 53.0 Å². The van der Waals surface area contributed by atoms with Gasteiger partial charge >= 0.3 is 0 Å². The second kappa shape index (κ2) is 6.36. The molecule has 0 saturated heterocycles. The number of carbonyl (C=O) groups is 1. The number of carbonyl (C=O) groups excluding carboxylic acids is 1. The van der Waals surface area contributed by atoms with Crippen molar-refractivity contribution in [3.05, 3.63) is 0 Å². The van der Waals surface area contributed by atoms with Gasteiger partial charge in [0.05, 0.1) is 6.54 Å². The molecule has 100 valence electrons. The fourth-order valence-electron chi connectivity index (χ4n) is 1.90. The summed E-state index contributed by atoms with van der Waals surface area (Å²) in [6.07, 6.45) is 4.21. The number of nitrogens with zero attached hydrogens (tertiary/aromatic N) is 1. The summed E-state index contributed by atoms with van der Waals surface area (Å²) in [5, 5.41) is 11.8. The number of unbranched alkanes of at least 4 members (excludes halogenated alkanes) is 1. The SMILES string of the molecule is CC(C)(C)NC(=O)CN(CCCCO)C1CC1. The van der Waals surface area contributed by atoms with Crippen LogP contribution in [0.25, 0.3) is 0 Å². The van der Waals surface area contributed by atoms with E-state index in [2.05, 4.69) is 10.2 Å². The monoisotopic (exact) mass is 242 g/mol. The Morgan fingerprint density at radius 2 is 2.00 bits per heavy atom. The lowest BCUT2D eigenvalue weighted by molar-refractivity contribution is -0.123. The van der Waals surface area contributed by atoms with Gasteiger partial charge in [0.15, 0.2) is 0 Å². The Morgan fingerprint density at radius 1 is 1.35 bits per heavy atom. The van der Waals surface area contributed by atoms with Gasteiger partial charge in [-0.3, -0.25) is 9.69 Å².